The van der Waals surface area contributed by atoms with Gasteiger partial charge in [0.25, 0.3) is 0 Å². The molecule has 26 heavy (non-hydrogen) atoms. The highest BCUT2D eigenvalue weighted by atomic mass is 16.5. The smallest absolute Gasteiger partial charge is 0.221 e. The Balaban J connectivity index is 1.61. The Hall–Kier alpha value is -3.02. The summed E-state index contributed by atoms with van der Waals surface area (Å²) in [6.07, 6.45) is 0.340. The van der Waals surface area contributed by atoms with Crippen molar-refractivity contribution in [3.63, 3.8) is 0 Å². The fourth-order valence-corrected chi connectivity index (χ4v) is 2.29. The molecule has 0 aliphatic heterocycles. The molecule has 0 unspecified atom stereocenters. The molecule has 0 saturated carbocycles. The molecule has 0 aromatic heterocycles. The summed E-state index contributed by atoms with van der Waals surface area (Å²) in [4.78, 5) is 23.2. The van der Waals surface area contributed by atoms with Crippen molar-refractivity contribution in [2.75, 3.05) is 32.1 Å². The lowest BCUT2D eigenvalue weighted by Crippen LogP contribution is -2.29. The Morgan fingerprint density at radius 2 is 1.73 bits per heavy atom. The van der Waals surface area contributed by atoms with Crippen LogP contribution in [0.4, 0.5) is 5.69 Å². The van der Waals surface area contributed by atoms with Gasteiger partial charge < -0.3 is 20.1 Å². The molecule has 0 fully saturated rings. The minimum atomic E-state index is -0.0569. The van der Waals surface area contributed by atoms with Crippen molar-refractivity contribution >= 4 is 17.4 Å². The fourth-order valence-electron chi connectivity index (χ4n) is 2.29. The van der Waals surface area contributed by atoms with Gasteiger partial charge in [-0.25, -0.2) is 0 Å². The van der Waals surface area contributed by atoms with E-state index >= 15 is 0 Å². The molecule has 2 aromatic rings. The molecule has 0 atom stereocenters. The Kier molecular flexibility index (Phi) is 7.49. The van der Waals surface area contributed by atoms with Crippen LogP contribution >= 0.6 is 0 Å². The van der Waals surface area contributed by atoms with E-state index in [4.69, 9.17) is 9.47 Å². The van der Waals surface area contributed by atoms with E-state index in [-0.39, 0.29) is 11.7 Å². The van der Waals surface area contributed by atoms with Crippen molar-refractivity contribution in [3.8, 4) is 11.5 Å². The molecule has 0 bridgehead atoms. The zero-order chi connectivity index (χ0) is 18.8. The summed E-state index contributed by atoms with van der Waals surface area (Å²) < 4.78 is 10.6. The van der Waals surface area contributed by atoms with E-state index in [1.165, 1.54) is 6.92 Å². The number of hydrogen-bond donors (Lipinski definition) is 2. The normalized spacial score (nSPS) is 10.1. The number of Topliss-reactive ketones (excluding diaryl/α,β-unsaturated/α-hetero) is 1. The van der Waals surface area contributed by atoms with Gasteiger partial charge >= 0.3 is 0 Å². The molecule has 1 amide bonds. The summed E-state index contributed by atoms with van der Waals surface area (Å²) in [5.41, 5.74) is 1.48. The molecule has 0 spiro atoms. The van der Waals surface area contributed by atoms with Crippen molar-refractivity contribution in [2.45, 2.75) is 13.3 Å². The van der Waals surface area contributed by atoms with Gasteiger partial charge in [0.15, 0.2) is 5.78 Å². The summed E-state index contributed by atoms with van der Waals surface area (Å²) in [6.45, 7) is 2.85. The average molecular weight is 356 g/mol. The Bertz CT molecular complexity index is 729. The van der Waals surface area contributed by atoms with E-state index in [2.05, 4.69) is 10.6 Å². The van der Waals surface area contributed by atoms with Crippen molar-refractivity contribution in [1.82, 2.24) is 5.32 Å². The molecular formula is C20H24N2O4. The summed E-state index contributed by atoms with van der Waals surface area (Å²) in [5.74, 6) is 1.46. The monoisotopic (exact) mass is 356 g/mol. The topological polar surface area (TPSA) is 76.7 Å². The minimum absolute atomic E-state index is 0.0169. The van der Waals surface area contributed by atoms with Crippen LogP contribution in [-0.2, 0) is 4.79 Å². The van der Waals surface area contributed by atoms with Crippen LogP contribution in [0.15, 0.2) is 48.5 Å². The molecule has 2 rings (SSSR count). The lowest BCUT2D eigenvalue weighted by Gasteiger charge is -2.09. The molecule has 2 N–H and O–H groups in total. The van der Waals surface area contributed by atoms with E-state index in [9.17, 15) is 9.59 Å². The molecule has 0 aliphatic carbocycles. The SMILES string of the molecule is COc1ccc(OCCNC(=O)CCNc2cccc(C(C)=O)c2)cc1. The number of methoxy groups -OCH3 is 1. The lowest BCUT2D eigenvalue weighted by atomic mass is 10.1. The number of amides is 1. The summed E-state index contributed by atoms with van der Waals surface area (Å²) in [5, 5.41) is 5.95. The number of ether oxygens (including phenoxy) is 2. The van der Waals surface area contributed by atoms with Crippen LogP contribution < -0.4 is 20.1 Å². The Morgan fingerprint density at radius 3 is 2.42 bits per heavy atom. The second-order valence-electron chi connectivity index (χ2n) is 5.69. The maximum absolute atomic E-state index is 11.8. The maximum Gasteiger partial charge on any atom is 0.221 e. The van der Waals surface area contributed by atoms with Crippen molar-refractivity contribution in [2.24, 2.45) is 0 Å². The fraction of sp³-hybridized carbons (Fsp3) is 0.300. The van der Waals surface area contributed by atoms with Gasteiger partial charge in [-0.3, -0.25) is 9.59 Å². The highest BCUT2D eigenvalue weighted by Gasteiger charge is 2.03. The average Bonchev–Trinajstić information content (AvgIpc) is 2.66. The van der Waals surface area contributed by atoms with Crippen LogP contribution in [0.3, 0.4) is 0 Å². The van der Waals surface area contributed by atoms with Crippen LogP contribution in [-0.4, -0.2) is 38.5 Å². The Morgan fingerprint density at radius 1 is 1.00 bits per heavy atom. The first-order valence-corrected chi connectivity index (χ1v) is 8.47. The first-order chi connectivity index (χ1) is 12.6. The van der Waals surface area contributed by atoms with Gasteiger partial charge in [0.2, 0.25) is 5.91 Å². The zero-order valence-electron chi connectivity index (χ0n) is 15.1. The molecule has 0 heterocycles. The minimum Gasteiger partial charge on any atom is -0.497 e. The lowest BCUT2D eigenvalue weighted by molar-refractivity contribution is -0.120. The number of nitrogens with one attached hydrogen (secondary N) is 2. The maximum atomic E-state index is 11.8. The van der Waals surface area contributed by atoms with Gasteiger partial charge in [0.1, 0.15) is 18.1 Å². The molecule has 2 aromatic carbocycles. The van der Waals surface area contributed by atoms with E-state index < -0.39 is 0 Å². The molecule has 6 nitrogen and oxygen atoms in total. The number of rotatable bonds is 10. The van der Waals surface area contributed by atoms with Crippen molar-refractivity contribution in [1.29, 1.82) is 0 Å². The molecule has 0 saturated heterocycles. The number of hydrogen-bond acceptors (Lipinski definition) is 5. The van der Waals surface area contributed by atoms with Crippen LogP contribution in [0.5, 0.6) is 11.5 Å². The summed E-state index contributed by atoms with van der Waals surface area (Å²) >= 11 is 0. The number of benzene rings is 2. The van der Waals surface area contributed by atoms with Crippen LogP contribution in [0.25, 0.3) is 0 Å². The predicted molar refractivity (Wildman–Crippen MR) is 101 cm³/mol. The number of ketones is 1. The second kappa shape index (κ2) is 10.1. The third kappa shape index (κ3) is 6.47. The van der Waals surface area contributed by atoms with Crippen LogP contribution in [0, 0.1) is 0 Å². The largest absolute Gasteiger partial charge is 0.497 e. The standard InChI is InChI=1S/C20H24N2O4/c1-15(23)16-4-3-5-17(14-16)21-11-10-20(24)22-12-13-26-19-8-6-18(25-2)7-9-19/h3-9,14,21H,10-13H2,1-2H3,(H,22,24). The highest BCUT2D eigenvalue weighted by molar-refractivity contribution is 5.94. The number of carbonyl (C=O) groups excluding carboxylic acids is 2. The summed E-state index contributed by atoms with van der Waals surface area (Å²) in [7, 11) is 1.61. The van der Waals surface area contributed by atoms with Crippen LogP contribution in [0.2, 0.25) is 0 Å². The molecule has 0 aliphatic rings. The van der Waals surface area contributed by atoms with Gasteiger partial charge in [-0.2, -0.15) is 0 Å². The van der Waals surface area contributed by atoms with Gasteiger partial charge in [-0.1, -0.05) is 12.1 Å². The van der Waals surface area contributed by atoms with Gasteiger partial charge in [0.05, 0.1) is 13.7 Å². The first-order valence-electron chi connectivity index (χ1n) is 8.47. The van der Waals surface area contributed by atoms with Crippen molar-refractivity contribution < 1.29 is 19.1 Å². The predicted octanol–water partition coefficient (Wildman–Crippen LogP) is 2.90. The van der Waals surface area contributed by atoms with E-state index in [0.717, 1.165) is 17.2 Å². The van der Waals surface area contributed by atoms with Gasteiger partial charge in [0, 0.05) is 24.2 Å². The number of carbonyl (C=O) groups is 2. The third-order valence-corrected chi connectivity index (χ3v) is 3.70. The van der Waals surface area contributed by atoms with Gasteiger partial charge in [-0.05, 0) is 43.3 Å². The third-order valence-electron chi connectivity index (χ3n) is 3.70. The second-order valence-corrected chi connectivity index (χ2v) is 5.69. The first kappa shape index (κ1) is 19.3. The number of anilines is 1. The van der Waals surface area contributed by atoms with E-state index in [1.54, 1.807) is 19.2 Å². The molecular weight excluding hydrogens is 332 g/mol. The van der Waals surface area contributed by atoms with E-state index in [1.807, 2.05) is 36.4 Å². The highest BCUT2D eigenvalue weighted by Crippen LogP contribution is 2.16. The quantitative estimate of drug-likeness (QED) is 0.506. The Labute approximate surface area is 153 Å². The molecule has 6 heteroatoms. The zero-order valence-corrected chi connectivity index (χ0v) is 15.1. The van der Waals surface area contributed by atoms with Gasteiger partial charge in [-0.15, -0.1) is 0 Å². The van der Waals surface area contributed by atoms with E-state index in [0.29, 0.717) is 31.7 Å². The molecule has 0 radical (unpaired) electrons. The summed E-state index contributed by atoms with van der Waals surface area (Å²) in [6, 6.07) is 14.5. The van der Waals surface area contributed by atoms with Crippen LogP contribution in [0.1, 0.15) is 23.7 Å². The van der Waals surface area contributed by atoms with Crippen molar-refractivity contribution in [3.05, 3.63) is 54.1 Å². The molecule has 138 valence electrons.